The van der Waals surface area contributed by atoms with E-state index in [1.165, 1.54) is 0 Å². The zero-order valence-corrected chi connectivity index (χ0v) is 5.35. The Bertz CT molecular complexity index is 78.6. The van der Waals surface area contributed by atoms with Gasteiger partial charge in [-0.15, -0.1) is 0 Å². The van der Waals surface area contributed by atoms with Crippen LogP contribution in [0, 0.1) is 0 Å². The molecule has 0 radical (unpaired) electrons. The fraction of sp³-hybridized carbons (Fsp3) is 0.667. The summed E-state index contributed by atoms with van der Waals surface area (Å²) in [6, 6.07) is 0.0972. The van der Waals surface area contributed by atoms with Crippen molar-refractivity contribution in [2.45, 2.75) is 19.4 Å². The molecule has 2 nitrogen and oxygen atoms in total. The molecule has 0 aromatic heterocycles. The Morgan fingerprint density at radius 1 is 1.75 bits per heavy atom. The molecule has 0 aliphatic carbocycles. The van der Waals surface area contributed by atoms with E-state index in [1.807, 2.05) is 6.92 Å². The summed E-state index contributed by atoms with van der Waals surface area (Å²) in [4.78, 5) is 0. The lowest BCUT2D eigenvalue weighted by molar-refractivity contribution is 0.727. The molecule has 0 unspecified atom stereocenters. The van der Waals surface area contributed by atoms with E-state index >= 15 is 0 Å². The van der Waals surface area contributed by atoms with Crippen LogP contribution in [0.2, 0.25) is 0 Å². The fourth-order valence-electron chi connectivity index (χ4n) is 0.440. The van der Waals surface area contributed by atoms with Gasteiger partial charge in [0.15, 0.2) is 0 Å². The molecule has 0 spiro atoms. The van der Waals surface area contributed by atoms with Crippen LogP contribution in [-0.4, -0.2) is 12.6 Å². The van der Waals surface area contributed by atoms with Gasteiger partial charge in [0, 0.05) is 12.6 Å². The standard InChI is InChI=1S/C6H14N2/c1-3-6(8)5(2)4-7/h6H,2-4,7-8H2,1H3/t6-/m1/s1. The molecule has 0 amide bonds. The lowest BCUT2D eigenvalue weighted by Gasteiger charge is -2.08. The zero-order chi connectivity index (χ0) is 6.57. The van der Waals surface area contributed by atoms with Gasteiger partial charge in [0.2, 0.25) is 0 Å². The van der Waals surface area contributed by atoms with Crippen LogP contribution in [-0.2, 0) is 0 Å². The average molecular weight is 114 g/mol. The monoisotopic (exact) mass is 114 g/mol. The molecule has 0 aromatic rings. The van der Waals surface area contributed by atoms with Crippen molar-refractivity contribution in [3.05, 3.63) is 12.2 Å². The van der Waals surface area contributed by atoms with Crippen LogP contribution in [0.3, 0.4) is 0 Å². The SMILES string of the molecule is C=C(CN)[C@H](N)CC. The average Bonchev–Trinajstić information content (AvgIpc) is 1.84. The predicted octanol–water partition coefficient (Wildman–Crippen LogP) is 0.239. The molecule has 1 atom stereocenters. The van der Waals surface area contributed by atoms with Gasteiger partial charge in [-0.05, 0) is 12.0 Å². The van der Waals surface area contributed by atoms with Crippen LogP contribution in [0.15, 0.2) is 12.2 Å². The Morgan fingerprint density at radius 2 is 2.25 bits per heavy atom. The Morgan fingerprint density at radius 3 is 2.38 bits per heavy atom. The highest BCUT2D eigenvalue weighted by Crippen LogP contribution is 1.96. The number of rotatable bonds is 3. The van der Waals surface area contributed by atoms with Crippen molar-refractivity contribution >= 4 is 0 Å². The highest BCUT2D eigenvalue weighted by atomic mass is 14.7. The van der Waals surface area contributed by atoms with Crippen molar-refractivity contribution in [2.75, 3.05) is 6.54 Å². The van der Waals surface area contributed by atoms with Gasteiger partial charge < -0.3 is 11.5 Å². The van der Waals surface area contributed by atoms with Gasteiger partial charge in [-0.1, -0.05) is 13.5 Å². The molecular formula is C6H14N2. The van der Waals surface area contributed by atoms with Crippen LogP contribution in [0.5, 0.6) is 0 Å². The third-order valence-corrected chi connectivity index (χ3v) is 1.23. The summed E-state index contributed by atoms with van der Waals surface area (Å²) in [5.41, 5.74) is 11.8. The van der Waals surface area contributed by atoms with Crippen LogP contribution >= 0.6 is 0 Å². The van der Waals surface area contributed by atoms with Crippen LogP contribution in [0.25, 0.3) is 0 Å². The molecule has 0 saturated heterocycles. The van der Waals surface area contributed by atoms with E-state index < -0.39 is 0 Å². The lowest BCUT2D eigenvalue weighted by Crippen LogP contribution is -2.25. The largest absolute Gasteiger partial charge is 0.327 e. The van der Waals surface area contributed by atoms with E-state index in [9.17, 15) is 0 Å². The van der Waals surface area contributed by atoms with Crippen molar-refractivity contribution < 1.29 is 0 Å². The Balaban J connectivity index is 3.46. The Hall–Kier alpha value is -0.340. The van der Waals surface area contributed by atoms with Gasteiger partial charge >= 0.3 is 0 Å². The Kier molecular flexibility index (Phi) is 3.48. The summed E-state index contributed by atoms with van der Waals surface area (Å²) >= 11 is 0. The van der Waals surface area contributed by atoms with Gasteiger partial charge in [-0.3, -0.25) is 0 Å². The van der Waals surface area contributed by atoms with E-state index in [0.29, 0.717) is 6.54 Å². The maximum Gasteiger partial charge on any atom is 0.0260 e. The van der Waals surface area contributed by atoms with Crippen LogP contribution in [0.4, 0.5) is 0 Å². The molecule has 0 aliphatic heterocycles. The maximum atomic E-state index is 5.55. The van der Waals surface area contributed by atoms with E-state index in [2.05, 4.69) is 6.58 Å². The summed E-state index contributed by atoms with van der Waals surface area (Å²) in [5.74, 6) is 0. The lowest BCUT2D eigenvalue weighted by atomic mass is 10.1. The zero-order valence-electron chi connectivity index (χ0n) is 5.35. The fourth-order valence-corrected chi connectivity index (χ4v) is 0.440. The van der Waals surface area contributed by atoms with Crippen molar-refractivity contribution in [2.24, 2.45) is 11.5 Å². The van der Waals surface area contributed by atoms with E-state index in [4.69, 9.17) is 11.5 Å². The third-order valence-electron chi connectivity index (χ3n) is 1.23. The molecule has 0 fully saturated rings. The Labute approximate surface area is 50.6 Å². The first kappa shape index (κ1) is 7.66. The summed E-state index contributed by atoms with van der Waals surface area (Å²) in [5, 5.41) is 0. The molecule has 4 N–H and O–H groups in total. The quantitative estimate of drug-likeness (QED) is 0.516. The second-order valence-electron chi connectivity index (χ2n) is 1.88. The molecule has 0 rings (SSSR count). The van der Waals surface area contributed by atoms with Gasteiger partial charge in [-0.25, -0.2) is 0 Å². The first-order chi connectivity index (χ1) is 3.72. The topological polar surface area (TPSA) is 52.0 Å². The molecule has 0 bridgehead atoms. The van der Waals surface area contributed by atoms with Crippen molar-refractivity contribution in [3.8, 4) is 0 Å². The summed E-state index contributed by atoms with van der Waals surface area (Å²) < 4.78 is 0. The minimum Gasteiger partial charge on any atom is -0.327 e. The second-order valence-corrected chi connectivity index (χ2v) is 1.88. The molecule has 8 heavy (non-hydrogen) atoms. The molecule has 0 saturated carbocycles. The van der Waals surface area contributed by atoms with Crippen molar-refractivity contribution in [1.82, 2.24) is 0 Å². The highest BCUT2D eigenvalue weighted by Gasteiger charge is 1.99. The first-order valence-corrected chi connectivity index (χ1v) is 2.85. The minimum absolute atomic E-state index is 0.0972. The minimum atomic E-state index is 0.0972. The van der Waals surface area contributed by atoms with Gasteiger partial charge in [0.25, 0.3) is 0 Å². The molecule has 0 aliphatic rings. The first-order valence-electron chi connectivity index (χ1n) is 2.85. The molecule has 2 heteroatoms. The van der Waals surface area contributed by atoms with Gasteiger partial charge in [0.1, 0.15) is 0 Å². The van der Waals surface area contributed by atoms with E-state index in [-0.39, 0.29) is 6.04 Å². The molecular weight excluding hydrogens is 100 g/mol. The number of nitrogens with two attached hydrogens (primary N) is 2. The second kappa shape index (κ2) is 3.64. The summed E-state index contributed by atoms with van der Waals surface area (Å²) in [7, 11) is 0. The predicted molar refractivity (Wildman–Crippen MR) is 36.5 cm³/mol. The van der Waals surface area contributed by atoms with Gasteiger partial charge in [0.05, 0.1) is 0 Å². The third kappa shape index (κ3) is 2.09. The van der Waals surface area contributed by atoms with Crippen molar-refractivity contribution in [1.29, 1.82) is 0 Å². The molecule has 0 aromatic carbocycles. The van der Waals surface area contributed by atoms with E-state index in [0.717, 1.165) is 12.0 Å². The van der Waals surface area contributed by atoms with Crippen LogP contribution < -0.4 is 11.5 Å². The smallest absolute Gasteiger partial charge is 0.0260 e. The number of hydrogen-bond acceptors (Lipinski definition) is 2. The molecule has 0 heterocycles. The van der Waals surface area contributed by atoms with E-state index in [1.54, 1.807) is 0 Å². The summed E-state index contributed by atoms with van der Waals surface area (Å²) in [6.07, 6.45) is 0.927. The normalized spacial score (nSPS) is 13.4. The summed E-state index contributed by atoms with van der Waals surface area (Å²) in [6.45, 7) is 6.22. The number of hydrogen-bond donors (Lipinski definition) is 2. The van der Waals surface area contributed by atoms with Crippen molar-refractivity contribution in [3.63, 3.8) is 0 Å². The maximum absolute atomic E-state index is 5.55. The molecule has 48 valence electrons. The van der Waals surface area contributed by atoms with Gasteiger partial charge in [-0.2, -0.15) is 0 Å². The highest BCUT2D eigenvalue weighted by molar-refractivity contribution is 5.04. The van der Waals surface area contributed by atoms with Crippen LogP contribution in [0.1, 0.15) is 13.3 Å².